The number of ether oxygens (including phenoxy) is 1. The summed E-state index contributed by atoms with van der Waals surface area (Å²) in [5, 5.41) is 2.83. The number of anilines is 2. The van der Waals surface area contributed by atoms with Crippen molar-refractivity contribution in [3.8, 4) is 0 Å². The van der Waals surface area contributed by atoms with E-state index >= 15 is 0 Å². The molecular formula is C19H25N3O5S. The average Bonchev–Trinajstić information content (AvgIpc) is 3.25. The smallest absolute Gasteiger partial charge is 0.258 e. The highest BCUT2D eigenvalue weighted by Gasteiger charge is 2.27. The normalized spacial score (nSPS) is 15.4. The lowest BCUT2D eigenvalue weighted by Gasteiger charge is -2.28. The molecule has 152 valence electrons. The Morgan fingerprint density at radius 2 is 1.89 bits per heavy atom. The lowest BCUT2D eigenvalue weighted by atomic mass is 10.2. The number of carbonyl (C=O) groups is 1. The van der Waals surface area contributed by atoms with E-state index in [1.165, 1.54) is 22.9 Å². The van der Waals surface area contributed by atoms with Crippen LogP contribution in [0, 0.1) is 0 Å². The standard InChI is InChI=1S/C19H25N3O5S/c1-3-21(4-2)18-6-5-16(28(24,25)22-8-11-26-12-9-22)13-17(18)20-19(23)15-7-10-27-14-15/h5-7,10,13-14H,3-4,8-9,11-12H2,1-2H3,(H,20,23). The lowest BCUT2D eigenvalue weighted by molar-refractivity contribution is 0.0730. The zero-order valence-electron chi connectivity index (χ0n) is 16.1. The van der Waals surface area contributed by atoms with E-state index in [9.17, 15) is 13.2 Å². The highest BCUT2D eigenvalue weighted by molar-refractivity contribution is 7.89. The minimum atomic E-state index is -3.67. The third-order valence-corrected chi connectivity index (χ3v) is 6.61. The van der Waals surface area contributed by atoms with Crippen LogP contribution >= 0.6 is 0 Å². The maximum Gasteiger partial charge on any atom is 0.258 e. The van der Waals surface area contributed by atoms with Gasteiger partial charge in [0.15, 0.2) is 0 Å². The number of nitrogens with one attached hydrogen (secondary N) is 1. The van der Waals surface area contributed by atoms with Gasteiger partial charge in [-0.3, -0.25) is 4.79 Å². The Morgan fingerprint density at radius 1 is 1.18 bits per heavy atom. The molecule has 3 rings (SSSR count). The summed E-state index contributed by atoms with van der Waals surface area (Å²) in [6.07, 6.45) is 2.76. The van der Waals surface area contributed by atoms with Crippen molar-refractivity contribution in [3.05, 3.63) is 42.4 Å². The number of benzene rings is 1. The van der Waals surface area contributed by atoms with E-state index in [0.29, 0.717) is 37.6 Å². The van der Waals surface area contributed by atoms with Crippen molar-refractivity contribution in [2.75, 3.05) is 49.6 Å². The number of nitrogens with zero attached hydrogens (tertiary/aromatic N) is 2. The van der Waals surface area contributed by atoms with Crippen LogP contribution in [0.25, 0.3) is 0 Å². The molecule has 2 aromatic rings. The molecule has 0 spiro atoms. The predicted molar refractivity (Wildman–Crippen MR) is 106 cm³/mol. The Kier molecular flexibility index (Phi) is 6.38. The summed E-state index contributed by atoms with van der Waals surface area (Å²) in [6.45, 7) is 6.84. The van der Waals surface area contributed by atoms with Crippen molar-refractivity contribution in [1.29, 1.82) is 0 Å². The quantitative estimate of drug-likeness (QED) is 0.758. The largest absolute Gasteiger partial charge is 0.472 e. The Balaban J connectivity index is 1.98. The van der Waals surface area contributed by atoms with Crippen molar-refractivity contribution in [1.82, 2.24) is 4.31 Å². The van der Waals surface area contributed by atoms with Crippen LogP contribution in [0.15, 0.2) is 46.1 Å². The van der Waals surface area contributed by atoms with E-state index in [2.05, 4.69) is 10.2 Å². The second-order valence-corrected chi connectivity index (χ2v) is 8.27. The SMILES string of the molecule is CCN(CC)c1ccc(S(=O)(=O)N2CCOCC2)cc1NC(=O)c1ccoc1. The molecule has 1 fully saturated rings. The summed E-state index contributed by atoms with van der Waals surface area (Å²) in [5.41, 5.74) is 1.58. The Bertz CT molecular complexity index is 902. The molecule has 0 saturated carbocycles. The molecular weight excluding hydrogens is 382 g/mol. The van der Waals surface area contributed by atoms with E-state index in [4.69, 9.17) is 9.15 Å². The molecule has 0 unspecified atom stereocenters. The number of amides is 1. The molecule has 1 N–H and O–H groups in total. The van der Waals surface area contributed by atoms with Gasteiger partial charge in [-0.1, -0.05) is 0 Å². The van der Waals surface area contributed by atoms with Gasteiger partial charge in [-0.15, -0.1) is 0 Å². The van der Waals surface area contributed by atoms with Gasteiger partial charge in [0.25, 0.3) is 5.91 Å². The first-order valence-corrected chi connectivity index (χ1v) is 10.7. The van der Waals surface area contributed by atoms with Crippen LogP contribution in [-0.2, 0) is 14.8 Å². The van der Waals surface area contributed by atoms with Gasteiger partial charge in [-0.05, 0) is 38.1 Å². The van der Waals surface area contributed by atoms with Gasteiger partial charge in [0.2, 0.25) is 10.0 Å². The molecule has 1 aromatic carbocycles. The van der Waals surface area contributed by atoms with E-state index in [1.807, 2.05) is 13.8 Å². The fourth-order valence-electron chi connectivity index (χ4n) is 3.14. The Labute approximate surface area is 165 Å². The van der Waals surface area contributed by atoms with E-state index in [1.54, 1.807) is 18.2 Å². The fraction of sp³-hybridized carbons (Fsp3) is 0.421. The zero-order valence-corrected chi connectivity index (χ0v) is 16.9. The second-order valence-electron chi connectivity index (χ2n) is 6.33. The number of carbonyl (C=O) groups excluding carboxylic acids is 1. The molecule has 9 heteroatoms. The summed E-state index contributed by atoms with van der Waals surface area (Å²) in [7, 11) is -3.67. The van der Waals surface area contributed by atoms with Crippen molar-refractivity contribution in [2.45, 2.75) is 18.7 Å². The second kappa shape index (κ2) is 8.76. The maximum atomic E-state index is 13.0. The van der Waals surface area contributed by atoms with Gasteiger partial charge in [0.1, 0.15) is 6.26 Å². The minimum Gasteiger partial charge on any atom is -0.472 e. The van der Waals surface area contributed by atoms with Crippen LogP contribution in [0.4, 0.5) is 11.4 Å². The minimum absolute atomic E-state index is 0.146. The van der Waals surface area contributed by atoms with Crippen molar-refractivity contribution >= 4 is 27.3 Å². The van der Waals surface area contributed by atoms with Gasteiger partial charge < -0.3 is 19.4 Å². The van der Waals surface area contributed by atoms with E-state index in [0.717, 1.165) is 18.8 Å². The number of rotatable bonds is 7. The van der Waals surface area contributed by atoms with Crippen LogP contribution in [0.3, 0.4) is 0 Å². The van der Waals surface area contributed by atoms with Crippen LogP contribution in [0.1, 0.15) is 24.2 Å². The van der Waals surface area contributed by atoms with Crippen LogP contribution in [0.5, 0.6) is 0 Å². The van der Waals surface area contributed by atoms with Crippen LogP contribution in [0.2, 0.25) is 0 Å². The predicted octanol–water partition coefficient (Wildman–Crippen LogP) is 2.40. The Hall–Kier alpha value is -2.36. The van der Waals surface area contributed by atoms with Crippen molar-refractivity contribution in [2.24, 2.45) is 0 Å². The zero-order chi connectivity index (χ0) is 20.1. The molecule has 1 amide bonds. The average molecular weight is 407 g/mol. The summed E-state index contributed by atoms with van der Waals surface area (Å²) in [6, 6.07) is 6.41. The first-order chi connectivity index (χ1) is 13.5. The molecule has 0 aliphatic carbocycles. The number of sulfonamides is 1. The van der Waals surface area contributed by atoms with Crippen LogP contribution in [-0.4, -0.2) is 58.0 Å². The van der Waals surface area contributed by atoms with Gasteiger partial charge in [0.05, 0.1) is 41.3 Å². The van der Waals surface area contributed by atoms with E-state index < -0.39 is 10.0 Å². The molecule has 0 atom stereocenters. The lowest BCUT2D eigenvalue weighted by Crippen LogP contribution is -2.40. The summed E-state index contributed by atoms with van der Waals surface area (Å²) in [4.78, 5) is 14.7. The Morgan fingerprint density at radius 3 is 2.50 bits per heavy atom. The van der Waals surface area contributed by atoms with Gasteiger partial charge in [-0.2, -0.15) is 4.31 Å². The van der Waals surface area contributed by atoms with E-state index in [-0.39, 0.29) is 10.8 Å². The molecule has 0 radical (unpaired) electrons. The third kappa shape index (κ3) is 4.21. The highest BCUT2D eigenvalue weighted by Crippen LogP contribution is 2.31. The van der Waals surface area contributed by atoms with Gasteiger partial charge in [0, 0.05) is 26.2 Å². The molecule has 2 heterocycles. The molecule has 1 aliphatic rings. The third-order valence-electron chi connectivity index (χ3n) is 4.71. The van der Waals surface area contributed by atoms with Gasteiger partial charge >= 0.3 is 0 Å². The summed E-state index contributed by atoms with van der Waals surface area (Å²) < 4.78 is 37.6. The molecule has 0 bridgehead atoms. The van der Waals surface area contributed by atoms with Crippen molar-refractivity contribution in [3.63, 3.8) is 0 Å². The highest BCUT2D eigenvalue weighted by atomic mass is 32.2. The monoisotopic (exact) mass is 407 g/mol. The molecule has 1 aromatic heterocycles. The number of morpholine rings is 1. The maximum absolute atomic E-state index is 13.0. The first-order valence-electron chi connectivity index (χ1n) is 9.27. The number of hydrogen-bond donors (Lipinski definition) is 1. The first kappa shape index (κ1) is 20.4. The van der Waals surface area contributed by atoms with Crippen molar-refractivity contribution < 1.29 is 22.4 Å². The molecule has 8 nitrogen and oxygen atoms in total. The topological polar surface area (TPSA) is 92.1 Å². The molecule has 1 aliphatic heterocycles. The molecule has 28 heavy (non-hydrogen) atoms. The molecule has 1 saturated heterocycles. The van der Waals surface area contributed by atoms with Gasteiger partial charge in [-0.25, -0.2) is 8.42 Å². The number of furan rings is 1. The summed E-state index contributed by atoms with van der Waals surface area (Å²) >= 11 is 0. The number of hydrogen-bond acceptors (Lipinski definition) is 6. The summed E-state index contributed by atoms with van der Waals surface area (Å²) in [5.74, 6) is -0.358. The van der Waals surface area contributed by atoms with Crippen LogP contribution < -0.4 is 10.2 Å². The fourth-order valence-corrected chi connectivity index (χ4v) is 4.57.